The fourth-order valence-electron chi connectivity index (χ4n) is 0.662. The molecule has 0 aromatic rings. The van der Waals surface area contributed by atoms with Gasteiger partial charge in [-0.25, -0.2) is 9.59 Å². The lowest BCUT2D eigenvalue weighted by Crippen LogP contribution is -2.22. The van der Waals surface area contributed by atoms with E-state index in [1.54, 1.807) is 27.7 Å². The maximum Gasteiger partial charge on any atom is 0.334 e. The number of carbonyl (C=O) groups excluding carboxylic acids is 2. The van der Waals surface area contributed by atoms with Crippen LogP contribution in [-0.2, 0) is 19.1 Å². The van der Waals surface area contributed by atoms with Crippen molar-refractivity contribution in [1.29, 1.82) is 0 Å². The van der Waals surface area contributed by atoms with Gasteiger partial charge < -0.3 is 19.7 Å². The van der Waals surface area contributed by atoms with Crippen LogP contribution in [0.4, 0.5) is 0 Å². The van der Waals surface area contributed by atoms with Gasteiger partial charge in [-0.1, -0.05) is 0 Å². The summed E-state index contributed by atoms with van der Waals surface area (Å²) in [6.45, 7) is 9.70. The highest BCUT2D eigenvalue weighted by molar-refractivity contribution is 5.74. The minimum Gasteiger partial charge on any atom is -0.461 e. The molecule has 0 spiro atoms. The van der Waals surface area contributed by atoms with Gasteiger partial charge in [-0.05, 0) is 41.5 Å². The minimum absolute atomic E-state index is 0.146. The van der Waals surface area contributed by atoms with Crippen molar-refractivity contribution in [3.05, 3.63) is 0 Å². The van der Waals surface area contributed by atoms with Crippen LogP contribution < -0.4 is 0 Å². The second kappa shape index (κ2) is 9.85. The molecule has 0 heterocycles. The zero-order chi connectivity index (χ0) is 14.9. The molecule has 108 valence electrons. The second-order valence-corrected chi connectivity index (χ2v) is 4.32. The summed E-state index contributed by atoms with van der Waals surface area (Å²) in [6, 6.07) is 0. The molecule has 2 unspecified atom stereocenters. The summed E-state index contributed by atoms with van der Waals surface area (Å²) >= 11 is 0. The number of esters is 2. The van der Waals surface area contributed by atoms with E-state index in [1.165, 1.54) is 13.8 Å². The van der Waals surface area contributed by atoms with Crippen LogP contribution in [0.2, 0.25) is 0 Å². The molecule has 0 aromatic heterocycles. The molecule has 0 bridgehead atoms. The monoisotopic (exact) mass is 264 g/mol. The molecular formula is C12H24O6. The lowest BCUT2D eigenvalue weighted by atomic mass is 10.4. The predicted molar refractivity (Wildman–Crippen MR) is 65.8 cm³/mol. The van der Waals surface area contributed by atoms with Crippen LogP contribution >= 0.6 is 0 Å². The van der Waals surface area contributed by atoms with Gasteiger partial charge in [0.2, 0.25) is 0 Å². The van der Waals surface area contributed by atoms with Crippen molar-refractivity contribution in [2.24, 2.45) is 0 Å². The average Bonchev–Trinajstić information content (AvgIpc) is 2.16. The quantitative estimate of drug-likeness (QED) is 0.724. The van der Waals surface area contributed by atoms with E-state index in [2.05, 4.69) is 9.47 Å². The van der Waals surface area contributed by atoms with E-state index in [0.29, 0.717) is 0 Å². The molecule has 0 aliphatic carbocycles. The normalized spacial score (nSPS) is 13.4. The van der Waals surface area contributed by atoms with Gasteiger partial charge in [0.05, 0.1) is 12.2 Å². The molecule has 6 nitrogen and oxygen atoms in total. The molecule has 0 saturated heterocycles. The molecule has 18 heavy (non-hydrogen) atoms. The first-order valence-electron chi connectivity index (χ1n) is 5.85. The number of hydrogen-bond donors (Lipinski definition) is 2. The fourth-order valence-corrected chi connectivity index (χ4v) is 0.662. The van der Waals surface area contributed by atoms with Gasteiger partial charge >= 0.3 is 11.9 Å². The molecule has 0 amide bonds. The van der Waals surface area contributed by atoms with Crippen LogP contribution in [0, 0.1) is 0 Å². The van der Waals surface area contributed by atoms with Crippen molar-refractivity contribution in [2.45, 2.75) is 66.0 Å². The Morgan fingerprint density at radius 2 is 0.944 bits per heavy atom. The fraction of sp³-hybridized carbons (Fsp3) is 0.833. The first kappa shape index (κ1) is 19.2. The lowest BCUT2D eigenvalue weighted by molar-refractivity contribution is -0.157. The third-order valence-corrected chi connectivity index (χ3v) is 1.39. The van der Waals surface area contributed by atoms with Crippen LogP contribution in [0.15, 0.2) is 0 Å². The van der Waals surface area contributed by atoms with Gasteiger partial charge in [-0.15, -0.1) is 0 Å². The topological polar surface area (TPSA) is 93.1 Å². The number of carbonyl (C=O) groups is 2. The molecular weight excluding hydrogens is 240 g/mol. The number of hydrogen-bond acceptors (Lipinski definition) is 6. The highest BCUT2D eigenvalue weighted by Crippen LogP contribution is 1.92. The van der Waals surface area contributed by atoms with Crippen molar-refractivity contribution >= 4 is 11.9 Å². The zero-order valence-corrected chi connectivity index (χ0v) is 11.8. The van der Waals surface area contributed by atoms with Crippen LogP contribution in [-0.4, -0.2) is 46.6 Å². The Bertz CT molecular complexity index is 219. The van der Waals surface area contributed by atoms with Crippen molar-refractivity contribution in [2.75, 3.05) is 0 Å². The third kappa shape index (κ3) is 12.9. The van der Waals surface area contributed by atoms with Gasteiger partial charge in [0.25, 0.3) is 0 Å². The molecule has 0 radical (unpaired) electrons. The van der Waals surface area contributed by atoms with E-state index in [1.807, 2.05) is 0 Å². The Morgan fingerprint density at radius 3 is 1.00 bits per heavy atom. The maximum atomic E-state index is 10.5. The predicted octanol–water partition coefficient (Wildman–Crippen LogP) is 0.638. The number of aliphatic hydroxyl groups excluding tert-OH is 2. The molecule has 0 saturated carbocycles. The van der Waals surface area contributed by atoms with E-state index in [0.717, 1.165) is 0 Å². The first-order chi connectivity index (χ1) is 8.07. The van der Waals surface area contributed by atoms with Crippen molar-refractivity contribution in [3.63, 3.8) is 0 Å². The number of ether oxygens (including phenoxy) is 2. The summed E-state index contributed by atoms with van der Waals surface area (Å²) in [5.41, 5.74) is 0. The van der Waals surface area contributed by atoms with Crippen LogP contribution in [0.3, 0.4) is 0 Å². The number of aliphatic hydroxyl groups is 2. The molecule has 0 fully saturated rings. The first-order valence-corrected chi connectivity index (χ1v) is 5.85. The van der Waals surface area contributed by atoms with Crippen LogP contribution in [0.1, 0.15) is 41.5 Å². The number of rotatable bonds is 4. The SMILES string of the molecule is CC(C)OC(=O)C(C)O.CC(C)OC(=O)C(C)O. The Kier molecular flexibility index (Phi) is 10.5. The van der Waals surface area contributed by atoms with Gasteiger partial charge in [-0.2, -0.15) is 0 Å². The summed E-state index contributed by atoms with van der Waals surface area (Å²) in [5.74, 6) is -1.13. The average molecular weight is 264 g/mol. The molecule has 0 aromatic carbocycles. The molecule has 2 N–H and O–H groups in total. The zero-order valence-electron chi connectivity index (χ0n) is 11.8. The minimum atomic E-state index is -1.01. The summed E-state index contributed by atoms with van der Waals surface area (Å²) in [4.78, 5) is 21.0. The second-order valence-electron chi connectivity index (χ2n) is 4.32. The van der Waals surface area contributed by atoms with E-state index < -0.39 is 24.1 Å². The Balaban J connectivity index is 0. The van der Waals surface area contributed by atoms with E-state index in [9.17, 15) is 9.59 Å². The van der Waals surface area contributed by atoms with Gasteiger partial charge in [0.15, 0.2) is 0 Å². The Morgan fingerprint density at radius 1 is 0.722 bits per heavy atom. The van der Waals surface area contributed by atoms with Crippen molar-refractivity contribution in [3.8, 4) is 0 Å². The lowest BCUT2D eigenvalue weighted by Gasteiger charge is -2.08. The van der Waals surface area contributed by atoms with Gasteiger partial charge in [0.1, 0.15) is 12.2 Å². The largest absolute Gasteiger partial charge is 0.461 e. The standard InChI is InChI=1S/2C6H12O3/c2*1-4(2)9-6(8)5(3)7/h2*4-5,7H,1-3H3. The summed E-state index contributed by atoms with van der Waals surface area (Å²) in [5, 5.41) is 17.2. The Hall–Kier alpha value is -1.14. The van der Waals surface area contributed by atoms with Crippen LogP contribution in [0.5, 0.6) is 0 Å². The smallest absolute Gasteiger partial charge is 0.334 e. The van der Waals surface area contributed by atoms with Crippen LogP contribution in [0.25, 0.3) is 0 Å². The van der Waals surface area contributed by atoms with Crippen molar-refractivity contribution in [1.82, 2.24) is 0 Å². The van der Waals surface area contributed by atoms with E-state index >= 15 is 0 Å². The summed E-state index contributed by atoms with van der Waals surface area (Å²) in [7, 11) is 0. The summed E-state index contributed by atoms with van der Waals surface area (Å²) < 4.78 is 9.25. The molecule has 6 heteroatoms. The van der Waals surface area contributed by atoms with Crippen molar-refractivity contribution < 1.29 is 29.3 Å². The molecule has 0 aliphatic heterocycles. The van der Waals surface area contributed by atoms with E-state index in [-0.39, 0.29) is 12.2 Å². The third-order valence-electron chi connectivity index (χ3n) is 1.39. The van der Waals surface area contributed by atoms with Gasteiger partial charge in [0, 0.05) is 0 Å². The molecule has 0 aliphatic rings. The highest BCUT2D eigenvalue weighted by Gasteiger charge is 2.11. The summed E-state index contributed by atoms with van der Waals surface area (Å²) in [6.07, 6.45) is -2.31. The molecule has 0 rings (SSSR count). The Labute approximate surface area is 108 Å². The van der Waals surface area contributed by atoms with E-state index in [4.69, 9.17) is 10.2 Å². The molecule has 2 atom stereocenters. The maximum absolute atomic E-state index is 10.5. The highest BCUT2D eigenvalue weighted by atomic mass is 16.6. The van der Waals surface area contributed by atoms with Gasteiger partial charge in [-0.3, -0.25) is 0 Å².